The van der Waals surface area contributed by atoms with Gasteiger partial charge in [-0.05, 0) is 97.4 Å². The highest BCUT2D eigenvalue weighted by molar-refractivity contribution is 7.26. The molecule has 0 saturated heterocycles. The quantitative estimate of drug-likeness (QED) is 0.169. The molecule has 244 valence electrons. The van der Waals surface area contributed by atoms with E-state index in [2.05, 4.69) is 205 Å². The number of fused-ring (bicyclic) bond motifs is 6. The van der Waals surface area contributed by atoms with E-state index >= 15 is 0 Å². The van der Waals surface area contributed by atoms with Crippen LogP contribution >= 0.6 is 11.3 Å². The third-order valence-corrected chi connectivity index (χ3v) is 11.4. The normalized spacial score (nSPS) is 11.5. The molecular weight excluding hydrogens is 647 g/mol. The Morgan fingerprint density at radius 1 is 0.346 bits per heavy atom. The summed E-state index contributed by atoms with van der Waals surface area (Å²) >= 11 is 1.88. The predicted molar refractivity (Wildman–Crippen MR) is 225 cm³/mol. The summed E-state index contributed by atoms with van der Waals surface area (Å²) in [5.74, 6) is 0. The van der Waals surface area contributed by atoms with Gasteiger partial charge in [0.2, 0.25) is 0 Å². The highest BCUT2D eigenvalue weighted by atomic mass is 32.1. The zero-order chi connectivity index (χ0) is 34.4. The van der Waals surface area contributed by atoms with Crippen molar-refractivity contribution in [3.63, 3.8) is 0 Å². The molecule has 0 spiro atoms. The molecule has 2 heteroatoms. The van der Waals surface area contributed by atoms with E-state index in [4.69, 9.17) is 0 Å². The third-order valence-electron chi connectivity index (χ3n) is 10.2. The summed E-state index contributed by atoms with van der Waals surface area (Å²) in [5, 5.41) is 7.69. The van der Waals surface area contributed by atoms with Gasteiger partial charge in [-0.3, -0.25) is 0 Å². The first-order valence-electron chi connectivity index (χ1n) is 17.8. The lowest BCUT2D eigenvalue weighted by Gasteiger charge is -2.27. The van der Waals surface area contributed by atoms with E-state index in [-0.39, 0.29) is 0 Å². The maximum absolute atomic E-state index is 2.45. The molecule has 1 aromatic heterocycles. The second kappa shape index (κ2) is 12.7. The van der Waals surface area contributed by atoms with Gasteiger partial charge in [-0.2, -0.15) is 0 Å². The fraction of sp³-hybridized carbons (Fsp3) is 0. The SMILES string of the molecule is c1ccc(-c2ccc(N(c3ccc(-c4ccc5ccccc5c4)cc3)c3cccc4c3sc3ccc5ccccc5c34)cc2-c2ccccc2)cc1. The first kappa shape index (κ1) is 30.4. The fourth-order valence-corrected chi connectivity index (χ4v) is 8.95. The summed E-state index contributed by atoms with van der Waals surface area (Å²) in [7, 11) is 0. The molecule has 9 aromatic carbocycles. The smallest absolute Gasteiger partial charge is 0.0640 e. The minimum atomic E-state index is 1.12. The third kappa shape index (κ3) is 5.24. The van der Waals surface area contributed by atoms with Gasteiger partial charge < -0.3 is 4.90 Å². The molecule has 10 rings (SSSR count). The number of benzene rings is 9. The summed E-state index contributed by atoms with van der Waals surface area (Å²) in [6.45, 7) is 0. The van der Waals surface area contributed by atoms with Crippen molar-refractivity contribution in [1.82, 2.24) is 0 Å². The Labute approximate surface area is 307 Å². The van der Waals surface area contributed by atoms with Crippen molar-refractivity contribution in [3.8, 4) is 33.4 Å². The molecule has 0 N–H and O–H groups in total. The predicted octanol–water partition coefficient (Wildman–Crippen LogP) is 14.8. The zero-order valence-electron chi connectivity index (χ0n) is 28.4. The lowest BCUT2D eigenvalue weighted by Crippen LogP contribution is -2.10. The minimum absolute atomic E-state index is 1.12. The monoisotopic (exact) mass is 679 g/mol. The van der Waals surface area contributed by atoms with Crippen LogP contribution in [0.15, 0.2) is 200 Å². The van der Waals surface area contributed by atoms with Crippen molar-refractivity contribution >= 4 is 70.1 Å². The van der Waals surface area contributed by atoms with E-state index in [1.54, 1.807) is 0 Å². The highest BCUT2D eigenvalue weighted by Gasteiger charge is 2.21. The Bertz CT molecular complexity index is 2890. The maximum Gasteiger partial charge on any atom is 0.0640 e. The Kier molecular flexibility index (Phi) is 7.41. The molecule has 0 unspecified atom stereocenters. The summed E-state index contributed by atoms with van der Waals surface area (Å²) in [5.41, 5.74) is 10.6. The van der Waals surface area contributed by atoms with Crippen LogP contribution in [0.5, 0.6) is 0 Å². The molecule has 0 aliphatic heterocycles. The molecule has 0 aliphatic carbocycles. The standard InChI is InChI=1S/C50H33NS/c1-3-13-36(14-4-1)43-30-29-42(33-46(43)37-15-5-2-6-16-37)51(41-27-24-35(25-28-41)40-23-22-34-12-7-8-18-39(34)32-40)47-21-11-20-45-49-44-19-10-9-17-38(44)26-31-48(49)52-50(45)47/h1-33H. The molecule has 0 saturated carbocycles. The van der Waals surface area contributed by atoms with Crippen LogP contribution in [0.3, 0.4) is 0 Å². The van der Waals surface area contributed by atoms with Crippen molar-refractivity contribution < 1.29 is 0 Å². The lowest BCUT2D eigenvalue weighted by molar-refractivity contribution is 1.30. The van der Waals surface area contributed by atoms with Crippen molar-refractivity contribution in [3.05, 3.63) is 200 Å². The van der Waals surface area contributed by atoms with Crippen LogP contribution in [0, 0.1) is 0 Å². The van der Waals surface area contributed by atoms with Crippen molar-refractivity contribution in [1.29, 1.82) is 0 Å². The fourth-order valence-electron chi connectivity index (χ4n) is 7.73. The average molecular weight is 680 g/mol. The van der Waals surface area contributed by atoms with Crippen LogP contribution in [-0.2, 0) is 0 Å². The van der Waals surface area contributed by atoms with E-state index in [1.165, 1.54) is 80.8 Å². The van der Waals surface area contributed by atoms with Crippen LogP contribution in [0.2, 0.25) is 0 Å². The summed E-state index contributed by atoms with van der Waals surface area (Å²) in [6, 6.07) is 72.9. The number of hydrogen-bond acceptors (Lipinski definition) is 2. The largest absolute Gasteiger partial charge is 0.309 e. The van der Waals surface area contributed by atoms with E-state index in [9.17, 15) is 0 Å². The van der Waals surface area contributed by atoms with Crippen molar-refractivity contribution in [2.45, 2.75) is 0 Å². The Balaban J connectivity index is 1.19. The van der Waals surface area contributed by atoms with Gasteiger partial charge in [0.25, 0.3) is 0 Å². The molecule has 0 amide bonds. The first-order valence-corrected chi connectivity index (χ1v) is 18.6. The number of hydrogen-bond donors (Lipinski definition) is 0. The Morgan fingerprint density at radius 3 is 1.75 bits per heavy atom. The van der Waals surface area contributed by atoms with Gasteiger partial charge in [-0.15, -0.1) is 11.3 Å². The van der Waals surface area contributed by atoms with Gasteiger partial charge in [0, 0.05) is 26.8 Å². The number of nitrogens with zero attached hydrogens (tertiary/aromatic N) is 1. The van der Waals surface area contributed by atoms with Gasteiger partial charge in [0.15, 0.2) is 0 Å². The van der Waals surface area contributed by atoms with Gasteiger partial charge >= 0.3 is 0 Å². The summed E-state index contributed by atoms with van der Waals surface area (Å²) in [4.78, 5) is 2.45. The van der Waals surface area contributed by atoms with Crippen LogP contribution in [-0.4, -0.2) is 0 Å². The average Bonchev–Trinajstić information content (AvgIpc) is 3.62. The number of anilines is 3. The molecule has 0 bridgehead atoms. The van der Waals surface area contributed by atoms with Crippen molar-refractivity contribution in [2.75, 3.05) is 4.90 Å². The molecular formula is C50H33NS. The van der Waals surface area contributed by atoms with Crippen LogP contribution in [0.25, 0.3) is 75.1 Å². The minimum Gasteiger partial charge on any atom is -0.309 e. The molecule has 0 radical (unpaired) electrons. The second-order valence-electron chi connectivity index (χ2n) is 13.3. The van der Waals surface area contributed by atoms with Crippen molar-refractivity contribution in [2.24, 2.45) is 0 Å². The first-order chi connectivity index (χ1) is 25.8. The van der Waals surface area contributed by atoms with Gasteiger partial charge in [0.05, 0.1) is 10.4 Å². The second-order valence-corrected chi connectivity index (χ2v) is 14.4. The summed E-state index contributed by atoms with van der Waals surface area (Å²) in [6.07, 6.45) is 0. The topological polar surface area (TPSA) is 3.24 Å². The Hall–Kier alpha value is -6.48. The van der Waals surface area contributed by atoms with E-state index < -0.39 is 0 Å². The van der Waals surface area contributed by atoms with E-state index in [1.807, 2.05) is 11.3 Å². The van der Waals surface area contributed by atoms with Gasteiger partial charge in [0.1, 0.15) is 0 Å². The van der Waals surface area contributed by atoms with E-state index in [0.717, 1.165) is 11.4 Å². The Morgan fingerprint density at radius 2 is 0.962 bits per heavy atom. The number of rotatable bonds is 6. The van der Waals surface area contributed by atoms with E-state index in [0.29, 0.717) is 0 Å². The maximum atomic E-state index is 2.45. The molecule has 52 heavy (non-hydrogen) atoms. The van der Waals surface area contributed by atoms with Crippen LogP contribution in [0.4, 0.5) is 17.1 Å². The zero-order valence-corrected chi connectivity index (χ0v) is 29.2. The lowest BCUT2D eigenvalue weighted by atomic mass is 9.93. The molecule has 0 atom stereocenters. The van der Waals surface area contributed by atoms with Crippen LogP contribution < -0.4 is 4.90 Å². The summed E-state index contributed by atoms with van der Waals surface area (Å²) < 4.78 is 2.58. The molecule has 0 fully saturated rings. The number of thiophene rings is 1. The molecule has 10 aromatic rings. The van der Waals surface area contributed by atoms with Gasteiger partial charge in [-0.25, -0.2) is 0 Å². The highest BCUT2D eigenvalue weighted by Crippen LogP contribution is 2.48. The molecule has 0 aliphatic rings. The molecule has 1 heterocycles. The van der Waals surface area contributed by atoms with Gasteiger partial charge in [-0.1, -0.05) is 158 Å². The molecule has 1 nitrogen and oxygen atoms in total. The van der Waals surface area contributed by atoms with Crippen LogP contribution in [0.1, 0.15) is 0 Å².